The Morgan fingerprint density at radius 2 is 0.431 bits per heavy atom. The molecule has 0 aliphatic rings. The fraction of sp³-hybridized carbons (Fsp3) is 0.636. The molecule has 0 fully saturated rings. The summed E-state index contributed by atoms with van der Waals surface area (Å²) in [5.41, 5.74) is 3.58. The van der Waals surface area contributed by atoms with Crippen molar-refractivity contribution in [1.82, 2.24) is 39.9 Å². The highest BCUT2D eigenvalue weighted by atomic mass is 32.2. The Kier molecular flexibility index (Phi) is 26.5. The van der Waals surface area contributed by atoms with Gasteiger partial charge in [-0.3, -0.25) is 0 Å². The third-order valence-corrected chi connectivity index (χ3v) is 14.8. The van der Waals surface area contributed by atoms with Crippen LogP contribution in [-0.2, 0) is 59.0 Å². The maximum absolute atomic E-state index is 11.4. The smallest absolute Gasteiger partial charge is 0.214 e. The average Bonchev–Trinajstić information content (AvgIpc) is 3.25. The van der Waals surface area contributed by atoms with Crippen LogP contribution in [0.5, 0.6) is 0 Å². The zero-order valence-electron chi connectivity index (χ0n) is 44.0. The molecule has 28 heteroatoms. The molecule has 4 heterocycles. The Balaban J connectivity index is 0.000000480. The third-order valence-electron chi connectivity index (χ3n) is 9.67. The van der Waals surface area contributed by atoms with Gasteiger partial charge in [0.15, 0.2) is 23.3 Å². The minimum atomic E-state index is -3.71. The molecule has 0 aliphatic carbocycles. The zero-order chi connectivity index (χ0) is 55.7. The highest BCUT2D eigenvalue weighted by Crippen LogP contribution is 2.27. The van der Waals surface area contributed by atoms with E-state index in [0.717, 1.165) is 22.3 Å². The molecule has 0 bridgehead atoms. The van der Waals surface area contributed by atoms with Crippen LogP contribution in [0.15, 0.2) is 49.6 Å². The van der Waals surface area contributed by atoms with Crippen LogP contribution in [0, 0.1) is 27.7 Å². The van der Waals surface area contributed by atoms with Crippen molar-refractivity contribution < 1.29 is 52.6 Å². The molecule has 4 aromatic heterocycles. The fourth-order valence-corrected chi connectivity index (χ4v) is 7.71. The molecule has 0 aliphatic heterocycles. The summed E-state index contributed by atoms with van der Waals surface area (Å²) < 4.78 is 114. The van der Waals surface area contributed by atoms with Gasteiger partial charge in [0.25, 0.3) is 0 Å². The number of ether oxygens (including phenoxy) is 4. The van der Waals surface area contributed by atoms with Crippen LogP contribution >= 0.6 is 0 Å². The molecule has 0 amide bonds. The highest BCUT2D eigenvalue weighted by molar-refractivity contribution is 7.90. The standard InChI is InChI=1S/4C11H19N3O3S/c4*1-7(2)17-10(9(4)18(12,15)16)11-13-5-8(3)6-14-11/h4*5-7,9-10H,1-4H3,(H2,12,15,16)/t2*9-,10+;2*9-,10-/m1010/s1. The summed E-state index contributed by atoms with van der Waals surface area (Å²) in [5.74, 6) is 1.32. The molecule has 24 nitrogen and oxygen atoms in total. The quantitative estimate of drug-likeness (QED) is 0.0979. The van der Waals surface area contributed by atoms with E-state index in [1.54, 1.807) is 49.6 Å². The van der Waals surface area contributed by atoms with E-state index in [-0.39, 0.29) is 24.4 Å². The van der Waals surface area contributed by atoms with Crippen LogP contribution in [0.3, 0.4) is 0 Å². The molecular weight excluding hydrogens is 1020 g/mol. The SMILES string of the molecule is Cc1cnc([C@@H](OC(C)C)[C@@H](C)S(N)(=O)=O)nc1.Cc1cnc([C@@H](OC(C)C)[C@H](C)S(N)(=O)=O)nc1.Cc1cnc([C@H](OC(C)C)[C@@H](C)S(N)(=O)=O)nc1.Cc1cnc([C@H](OC(C)C)[C@H](C)S(N)(=O)=O)nc1. The molecule has 8 N–H and O–H groups in total. The first-order valence-corrected chi connectivity index (χ1v) is 29.1. The Bertz CT molecular complexity index is 2310. The molecule has 72 heavy (non-hydrogen) atoms. The maximum Gasteiger partial charge on any atom is 0.214 e. The van der Waals surface area contributed by atoms with Gasteiger partial charge in [0.1, 0.15) is 45.4 Å². The number of hydrogen-bond acceptors (Lipinski definition) is 20. The van der Waals surface area contributed by atoms with Gasteiger partial charge >= 0.3 is 0 Å². The molecule has 4 rings (SSSR count). The lowest BCUT2D eigenvalue weighted by Gasteiger charge is -2.23. The molecule has 0 radical (unpaired) electrons. The van der Waals surface area contributed by atoms with Crippen molar-refractivity contribution in [2.45, 2.75) is 181 Å². The topological polar surface area (TPSA) is 381 Å². The van der Waals surface area contributed by atoms with Crippen molar-refractivity contribution in [3.63, 3.8) is 0 Å². The second kappa shape index (κ2) is 29.0. The Morgan fingerprint density at radius 3 is 0.528 bits per heavy atom. The van der Waals surface area contributed by atoms with E-state index in [1.165, 1.54) is 27.7 Å². The van der Waals surface area contributed by atoms with Gasteiger partial charge in [-0.1, -0.05) is 0 Å². The van der Waals surface area contributed by atoms with Gasteiger partial charge in [-0.25, -0.2) is 94.1 Å². The first-order valence-electron chi connectivity index (χ1n) is 22.7. The van der Waals surface area contributed by atoms with Gasteiger partial charge in [-0.05, 0) is 133 Å². The number of primary sulfonamides is 4. The van der Waals surface area contributed by atoms with E-state index in [4.69, 9.17) is 39.5 Å². The van der Waals surface area contributed by atoms with Gasteiger partial charge in [0.05, 0.1) is 24.4 Å². The van der Waals surface area contributed by atoms with Crippen LogP contribution in [0.4, 0.5) is 0 Å². The maximum atomic E-state index is 11.4. The predicted molar refractivity (Wildman–Crippen MR) is 273 cm³/mol. The minimum absolute atomic E-state index is 0.149. The van der Waals surface area contributed by atoms with Gasteiger partial charge in [0, 0.05) is 49.6 Å². The van der Waals surface area contributed by atoms with Crippen LogP contribution in [-0.4, -0.2) is 119 Å². The molecule has 4 aromatic rings. The fourth-order valence-electron chi connectivity index (χ4n) is 5.59. The summed E-state index contributed by atoms with van der Waals surface area (Å²) >= 11 is 0. The highest BCUT2D eigenvalue weighted by Gasteiger charge is 2.35. The van der Waals surface area contributed by atoms with Crippen molar-refractivity contribution in [3.05, 3.63) is 95.1 Å². The molecule has 0 unspecified atom stereocenters. The summed E-state index contributed by atoms with van der Waals surface area (Å²) in [4.78, 5) is 32.9. The van der Waals surface area contributed by atoms with E-state index < -0.39 is 85.5 Å². The summed E-state index contributed by atoms with van der Waals surface area (Å²) in [7, 11) is -14.8. The van der Waals surface area contributed by atoms with Gasteiger partial charge in [-0.2, -0.15) is 0 Å². The number of hydrogen-bond donors (Lipinski definition) is 4. The minimum Gasteiger partial charge on any atom is -0.366 e. The van der Waals surface area contributed by atoms with Crippen molar-refractivity contribution in [2.75, 3.05) is 0 Å². The summed E-state index contributed by atoms with van der Waals surface area (Å²) in [6.07, 6.45) is 9.31. The van der Waals surface area contributed by atoms with Gasteiger partial charge in [0.2, 0.25) is 40.1 Å². The molecule has 8 atom stereocenters. The van der Waals surface area contributed by atoms with Gasteiger partial charge < -0.3 is 18.9 Å². The molecule has 0 saturated carbocycles. The van der Waals surface area contributed by atoms with E-state index in [0.29, 0.717) is 23.3 Å². The lowest BCUT2D eigenvalue weighted by Crippen LogP contribution is -2.34. The summed E-state index contributed by atoms with van der Waals surface area (Å²) in [5, 5.41) is 17.0. The lowest BCUT2D eigenvalue weighted by atomic mass is 10.2. The monoisotopic (exact) mass is 1090 g/mol. The first kappa shape index (κ1) is 65.8. The number of nitrogens with zero attached hydrogens (tertiary/aromatic N) is 8. The van der Waals surface area contributed by atoms with Crippen molar-refractivity contribution >= 4 is 40.1 Å². The third kappa shape index (κ3) is 23.8. The Labute approximate surface area is 426 Å². The molecule has 0 aromatic carbocycles. The zero-order valence-corrected chi connectivity index (χ0v) is 47.2. The normalized spacial score (nSPS) is 15.7. The van der Waals surface area contributed by atoms with Crippen LogP contribution in [0.2, 0.25) is 0 Å². The molecule has 408 valence electrons. The van der Waals surface area contributed by atoms with Crippen LogP contribution < -0.4 is 20.6 Å². The lowest BCUT2D eigenvalue weighted by molar-refractivity contribution is 0.00123. The predicted octanol–water partition coefficient (Wildman–Crippen LogP) is 3.71. The van der Waals surface area contributed by atoms with Crippen molar-refractivity contribution in [1.29, 1.82) is 0 Å². The largest absolute Gasteiger partial charge is 0.366 e. The summed E-state index contributed by atoms with van der Waals surface area (Å²) in [6, 6.07) is 0. The number of rotatable bonds is 20. The summed E-state index contributed by atoms with van der Waals surface area (Å²) in [6.45, 7) is 27.9. The van der Waals surface area contributed by atoms with Crippen LogP contribution in [0.1, 0.15) is 153 Å². The van der Waals surface area contributed by atoms with E-state index >= 15 is 0 Å². The molecule has 0 saturated heterocycles. The average molecular weight is 1090 g/mol. The van der Waals surface area contributed by atoms with E-state index in [2.05, 4.69) is 39.9 Å². The second-order valence-electron chi connectivity index (χ2n) is 18.1. The van der Waals surface area contributed by atoms with Crippen molar-refractivity contribution in [2.24, 2.45) is 20.6 Å². The number of aromatic nitrogens is 8. The van der Waals surface area contributed by atoms with Gasteiger partial charge in [-0.15, -0.1) is 0 Å². The first-order chi connectivity index (χ1) is 32.9. The molecular formula is C44H76N12O12S4. The van der Waals surface area contributed by atoms with E-state index in [1.807, 2.05) is 83.1 Å². The molecule has 0 spiro atoms. The Morgan fingerprint density at radius 1 is 0.306 bits per heavy atom. The number of sulfonamides is 4. The van der Waals surface area contributed by atoms with E-state index in [9.17, 15) is 33.7 Å². The van der Waals surface area contributed by atoms with Crippen LogP contribution in [0.25, 0.3) is 0 Å². The van der Waals surface area contributed by atoms with Crippen molar-refractivity contribution in [3.8, 4) is 0 Å². The number of aryl methyl sites for hydroxylation is 4. The Hall–Kier alpha value is -4.20. The second-order valence-corrected chi connectivity index (χ2v) is 25.8. The number of nitrogens with two attached hydrogens (primary N) is 4.